The Morgan fingerprint density at radius 1 is 1.48 bits per heavy atom. The summed E-state index contributed by atoms with van der Waals surface area (Å²) >= 11 is 5.92. The zero-order valence-electron chi connectivity index (χ0n) is 12.9. The Balaban J connectivity index is 2.07. The molecule has 1 fully saturated rings. The zero-order chi connectivity index (χ0) is 15.5. The van der Waals surface area contributed by atoms with Crippen molar-refractivity contribution in [2.75, 3.05) is 0 Å². The Morgan fingerprint density at radius 2 is 2.14 bits per heavy atom. The SMILES string of the molecule is CCC(NC(=O)C1(N)CCCC(C)C1)c1ccc(Cl)cc1. The molecule has 0 bridgehead atoms. The molecule has 1 aliphatic rings. The fourth-order valence-electron chi connectivity index (χ4n) is 3.22. The van der Waals surface area contributed by atoms with Crippen LogP contribution in [0.3, 0.4) is 0 Å². The lowest BCUT2D eigenvalue weighted by atomic mass is 9.76. The molecule has 0 aromatic heterocycles. The smallest absolute Gasteiger partial charge is 0.240 e. The summed E-state index contributed by atoms with van der Waals surface area (Å²) in [6, 6.07) is 7.62. The Kier molecular flexibility index (Phi) is 5.28. The van der Waals surface area contributed by atoms with Gasteiger partial charge in [-0.2, -0.15) is 0 Å². The van der Waals surface area contributed by atoms with Crippen molar-refractivity contribution in [3.63, 3.8) is 0 Å². The number of nitrogens with one attached hydrogen (secondary N) is 1. The number of carbonyl (C=O) groups excluding carboxylic acids is 1. The zero-order valence-corrected chi connectivity index (χ0v) is 13.6. The van der Waals surface area contributed by atoms with Gasteiger partial charge in [-0.15, -0.1) is 0 Å². The number of rotatable bonds is 4. The number of hydrogen-bond acceptors (Lipinski definition) is 2. The van der Waals surface area contributed by atoms with Crippen LogP contribution in [0, 0.1) is 5.92 Å². The summed E-state index contributed by atoms with van der Waals surface area (Å²) in [7, 11) is 0. The molecule has 0 saturated heterocycles. The van der Waals surface area contributed by atoms with Crippen LogP contribution in [-0.4, -0.2) is 11.4 Å². The molecule has 0 heterocycles. The first kappa shape index (κ1) is 16.3. The van der Waals surface area contributed by atoms with Crippen LogP contribution < -0.4 is 11.1 Å². The quantitative estimate of drug-likeness (QED) is 0.888. The Bertz CT molecular complexity index is 488. The predicted octanol–water partition coefficient (Wildman–Crippen LogP) is 3.81. The van der Waals surface area contributed by atoms with E-state index < -0.39 is 5.54 Å². The summed E-state index contributed by atoms with van der Waals surface area (Å²) in [5, 5.41) is 3.83. The highest BCUT2D eigenvalue weighted by Gasteiger charge is 2.38. The van der Waals surface area contributed by atoms with E-state index in [1.165, 1.54) is 6.42 Å². The van der Waals surface area contributed by atoms with Gasteiger partial charge >= 0.3 is 0 Å². The third-order valence-electron chi connectivity index (χ3n) is 4.47. The second kappa shape index (κ2) is 6.80. The Hall–Kier alpha value is -1.06. The molecular weight excluding hydrogens is 284 g/mol. The molecule has 0 radical (unpaired) electrons. The van der Waals surface area contributed by atoms with Crippen molar-refractivity contribution in [2.45, 2.75) is 57.5 Å². The molecule has 21 heavy (non-hydrogen) atoms. The molecule has 3 unspecified atom stereocenters. The van der Waals surface area contributed by atoms with E-state index in [2.05, 4.69) is 19.2 Å². The lowest BCUT2D eigenvalue weighted by molar-refractivity contribution is -0.128. The normalized spacial score (nSPS) is 27.1. The third kappa shape index (κ3) is 3.98. The second-order valence-corrected chi connectivity index (χ2v) is 6.78. The standard InChI is InChI=1S/C17H25ClN2O/c1-3-15(13-6-8-14(18)9-7-13)20-16(21)17(19)10-4-5-12(2)11-17/h6-9,12,15H,3-5,10-11,19H2,1-2H3,(H,20,21). The van der Waals surface area contributed by atoms with Gasteiger partial charge < -0.3 is 11.1 Å². The molecule has 1 aromatic rings. The largest absolute Gasteiger partial charge is 0.348 e. The molecule has 3 nitrogen and oxygen atoms in total. The van der Waals surface area contributed by atoms with E-state index in [1.807, 2.05) is 24.3 Å². The van der Waals surface area contributed by atoms with Gasteiger partial charge in [-0.1, -0.05) is 50.4 Å². The molecule has 2 rings (SSSR count). The number of halogens is 1. The van der Waals surface area contributed by atoms with Gasteiger partial charge in [0.1, 0.15) is 0 Å². The maximum Gasteiger partial charge on any atom is 0.240 e. The van der Waals surface area contributed by atoms with E-state index in [0.29, 0.717) is 10.9 Å². The minimum atomic E-state index is -0.711. The summed E-state index contributed by atoms with van der Waals surface area (Å²) in [6.07, 6.45) is 4.58. The highest BCUT2D eigenvalue weighted by molar-refractivity contribution is 6.30. The van der Waals surface area contributed by atoms with Crippen LogP contribution in [0.5, 0.6) is 0 Å². The monoisotopic (exact) mass is 308 g/mol. The highest BCUT2D eigenvalue weighted by Crippen LogP contribution is 2.31. The second-order valence-electron chi connectivity index (χ2n) is 6.34. The van der Waals surface area contributed by atoms with Gasteiger partial charge in [0, 0.05) is 5.02 Å². The number of hydrogen-bond donors (Lipinski definition) is 2. The summed E-state index contributed by atoms with van der Waals surface area (Å²) in [6.45, 7) is 4.23. The topological polar surface area (TPSA) is 55.1 Å². The molecular formula is C17H25ClN2O. The van der Waals surface area contributed by atoms with Crippen molar-refractivity contribution in [3.8, 4) is 0 Å². The van der Waals surface area contributed by atoms with E-state index in [-0.39, 0.29) is 11.9 Å². The first-order valence-corrected chi connectivity index (χ1v) is 8.17. The number of nitrogens with two attached hydrogens (primary N) is 1. The molecule has 1 aliphatic carbocycles. The lowest BCUT2D eigenvalue weighted by Crippen LogP contribution is -2.56. The Morgan fingerprint density at radius 3 is 2.71 bits per heavy atom. The van der Waals surface area contributed by atoms with Crippen LogP contribution in [0.2, 0.25) is 5.02 Å². The maximum absolute atomic E-state index is 12.6. The molecule has 0 spiro atoms. The number of carbonyl (C=O) groups is 1. The Labute approximate surface area is 132 Å². The van der Waals surface area contributed by atoms with Gasteiger partial charge in [-0.3, -0.25) is 4.79 Å². The average molecular weight is 309 g/mol. The first-order valence-electron chi connectivity index (χ1n) is 7.80. The average Bonchev–Trinajstić information content (AvgIpc) is 2.45. The molecule has 3 N–H and O–H groups in total. The summed E-state index contributed by atoms with van der Waals surface area (Å²) in [4.78, 5) is 12.6. The summed E-state index contributed by atoms with van der Waals surface area (Å²) in [5.74, 6) is 0.501. The van der Waals surface area contributed by atoms with Crippen LogP contribution >= 0.6 is 11.6 Å². The van der Waals surface area contributed by atoms with Crippen LogP contribution in [0.4, 0.5) is 0 Å². The van der Waals surface area contributed by atoms with Crippen molar-refractivity contribution in [3.05, 3.63) is 34.9 Å². The summed E-state index contributed by atoms with van der Waals surface area (Å²) < 4.78 is 0. The van der Waals surface area contributed by atoms with Crippen LogP contribution in [0.1, 0.15) is 57.6 Å². The van der Waals surface area contributed by atoms with Gasteiger partial charge in [-0.05, 0) is 42.9 Å². The molecule has 1 amide bonds. The van der Waals surface area contributed by atoms with Gasteiger partial charge in [0.25, 0.3) is 0 Å². The van der Waals surface area contributed by atoms with E-state index >= 15 is 0 Å². The van der Waals surface area contributed by atoms with Gasteiger partial charge in [-0.25, -0.2) is 0 Å². The first-order chi connectivity index (χ1) is 9.94. The number of amides is 1. The molecule has 1 aromatic carbocycles. The summed E-state index contributed by atoms with van der Waals surface area (Å²) in [5.41, 5.74) is 6.73. The number of benzene rings is 1. The van der Waals surface area contributed by atoms with Gasteiger partial charge in [0.15, 0.2) is 0 Å². The fraction of sp³-hybridized carbons (Fsp3) is 0.588. The van der Waals surface area contributed by atoms with Gasteiger partial charge in [0.2, 0.25) is 5.91 Å². The van der Waals surface area contributed by atoms with Crippen LogP contribution in [0.25, 0.3) is 0 Å². The van der Waals surface area contributed by atoms with Crippen molar-refractivity contribution in [1.29, 1.82) is 0 Å². The third-order valence-corrected chi connectivity index (χ3v) is 4.72. The van der Waals surface area contributed by atoms with E-state index in [0.717, 1.165) is 31.2 Å². The molecule has 4 heteroatoms. The molecule has 1 saturated carbocycles. The van der Waals surface area contributed by atoms with E-state index in [4.69, 9.17) is 17.3 Å². The molecule has 0 aliphatic heterocycles. The maximum atomic E-state index is 12.6. The van der Waals surface area contributed by atoms with Gasteiger partial charge in [0.05, 0.1) is 11.6 Å². The fourth-order valence-corrected chi connectivity index (χ4v) is 3.34. The van der Waals surface area contributed by atoms with Crippen molar-refractivity contribution < 1.29 is 4.79 Å². The van der Waals surface area contributed by atoms with E-state index in [1.54, 1.807) is 0 Å². The van der Waals surface area contributed by atoms with Crippen molar-refractivity contribution in [1.82, 2.24) is 5.32 Å². The van der Waals surface area contributed by atoms with Crippen LogP contribution in [0.15, 0.2) is 24.3 Å². The predicted molar refractivity (Wildman–Crippen MR) is 87.2 cm³/mol. The van der Waals surface area contributed by atoms with E-state index in [9.17, 15) is 4.79 Å². The minimum absolute atomic E-state index is 0.00701. The van der Waals surface area contributed by atoms with Crippen LogP contribution in [-0.2, 0) is 4.79 Å². The van der Waals surface area contributed by atoms with Crippen molar-refractivity contribution >= 4 is 17.5 Å². The van der Waals surface area contributed by atoms with Crippen molar-refractivity contribution in [2.24, 2.45) is 11.7 Å². The lowest BCUT2D eigenvalue weighted by Gasteiger charge is -2.36. The molecule has 116 valence electrons. The minimum Gasteiger partial charge on any atom is -0.348 e. The molecule has 3 atom stereocenters. The highest BCUT2D eigenvalue weighted by atomic mass is 35.5.